The molecule has 0 aliphatic rings. The maximum Gasteiger partial charge on any atom is 0.261 e. The molecule has 1 aromatic heterocycles. The summed E-state index contributed by atoms with van der Waals surface area (Å²) in [5.74, 6) is 0.762. The standard InChI is InChI=1S/C19H16N2O4S/c1-2-12-24-15-10-8-14(9-11-15)18-21-17(13-20)19(25-18)26(22,23)16-6-4-3-5-7-16/h3-11H,2,12H2,1H3. The Morgan fingerprint density at radius 3 is 2.42 bits per heavy atom. The topological polar surface area (TPSA) is 93.2 Å². The summed E-state index contributed by atoms with van der Waals surface area (Å²) in [6, 6.07) is 16.5. The maximum absolute atomic E-state index is 12.7. The van der Waals surface area contributed by atoms with Gasteiger partial charge in [-0.05, 0) is 42.8 Å². The van der Waals surface area contributed by atoms with Gasteiger partial charge < -0.3 is 9.15 Å². The van der Waals surface area contributed by atoms with Crippen molar-refractivity contribution in [2.24, 2.45) is 0 Å². The molecule has 0 unspecified atom stereocenters. The van der Waals surface area contributed by atoms with Crippen LogP contribution in [0.25, 0.3) is 11.5 Å². The van der Waals surface area contributed by atoms with Crippen LogP contribution in [0.15, 0.2) is 69.0 Å². The van der Waals surface area contributed by atoms with Gasteiger partial charge >= 0.3 is 0 Å². The summed E-state index contributed by atoms with van der Waals surface area (Å²) in [5.41, 5.74) is 0.287. The molecule has 0 N–H and O–H groups in total. The number of ether oxygens (including phenoxy) is 1. The molecule has 0 amide bonds. The van der Waals surface area contributed by atoms with Crippen molar-refractivity contribution < 1.29 is 17.6 Å². The molecular formula is C19H16N2O4S. The number of benzene rings is 2. The molecule has 132 valence electrons. The third-order valence-corrected chi connectivity index (χ3v) is 5.23. The van der Waals surface area contributed by atoms with Gasteiger partial charge in [-0.1, -0.05) is 25.1 Å². The molecule has 3 aromatic rings. The third-order valence-electron chi connectivity index (χ3n) is 3.57. The van der Waals surface area contributed by atoms with E-state index in [0.29, 0.717) is 17.9 Å². The predicted octanol–water partition coefficient (Wildman–Crippen LogP) is 3.83. The number of nitrogens with zero attached hydrogens (tertiary/aromatic N) is 2. The molecule has 6 nitrogen and oxygen atoms in total. The molecule has 26 heavy (non-hydrogen) atoms. The van der Waals surface area contributed by atoms with E-state index in [-0.39, 0.29) is 16.5 Å². The first kappa shape index (κ1) is 17.7. The number of rotatable bonds is 6. The van der Waals surface area contributed by atoms with E-state index in [1.54, 1.807) is 48.5 Å². The molecule has 0 bridgehead atoms. The van der Waals surface area contributed by atoms with Crippen molar-refractivity contribution in [1.29, 1.82) is 5.26 Å². The van der Waals surface area contributed by atoms with E-state index in [2.05, 4.69) is 4.98 Å². The van der Waals surface area contributed by atoms with E-state index >= 15 is 0 Å². The lowest BCUT2D eigenvalue weighted by atomic mass is 10.2. The van der Waals surface area contributed by atoms with E-state index < -0.39 is 14.9 Å². The van der Waals surface area contributed by atoms with Crippen LogP contribution in [0.1, 0.15) is 19.0 Å². The Morgan fingerprint density at radius 2 is 1.81 bits per heavy atom. The maximum atomic E-state index is 12.7. The molecule has 3 rings (SSSR count). The number of hydrogen-bond acceptors (Lipinski definition) is 6. The third kappa shape index (κ3) is 3.46. The predicted molar refractivity (Wildman–Crippen MR) is 94.3 cm³/mol. The Hall–Kier alpha value is -3.11. The van der Waals surface area contributed by atoms with Crippen LogP contribution >= 0.6 is 0 Å². The van der Waals surface area contributed by atoms with Gasteiger partial charge in [0.15, 0.2) is 5.69 Å². The Bertz CT molecular complexity index is 1030. The summed E-state index contributed by atoms with van der Waals surface area (Å²) in [6.07, 6.45) is 0.897. The second-order valence-electron chi connectivity index (χ2n) is 5.46. The average Bonchev–Trinajstić information content (AvgIpc) is 3.13. The Labute approximate surface area is 151 Å². The molecule has 0 saturated heterocycles. The lowest BCUT2D eigenvalue weighted by Gasteiger charge is -2.04. The Morgan fingerprint density at radius 1 is 1.12 bits per heavy atom. The number of nitriles is 1. The molecular weight excluding hydrogens is 352 g/mol. The minimum atomic E-state index is -3.97. The molecule has 7 heteroatoms. The summed E-state index contributed by atoms with van der Waals surface area (Å²) >= 11 is 0. The van der Waals surface area contributed by atoms with Crippen molar-refractivity contribution >= 4 is 9.84 Å². The van der Waals surface area contributed by atoms with Crippen LogP contribution in [-0.2, 0) is 9.84 Å². The van der Waals surface area contributed by atoms with Gasteiger partial charge in [0.2, 0.25) is 15.7 Å². The molecule has 0 aliphatic carbocycles. The second kappa shape index (κ2) is 7.42. The molecule has 0 saturated carbocycles. The van der Waals surface area contributed by atoms with E-state index in [4.69, 9.17) is 9.15 Å². The van der Waals surface area contributed by atoms with Gasteiger partial charge in [0.05, 0.1) is 11.5 Å². The number of sulfone groups is 1. The number of aromatic nitrogens is 1. The average molecular weight is 368 g/mol. The fourth-order valence-corrected chi connectivity index (χ4v) is 3.57. The zero-order valence-electron chi connectivity index (χ0n) is 14.0. The van der Waals surface area contributed by atoms with Gasteiger partial charge in [-0.3, -0.25) is 0 Å². The number of hydrogen-bond donors (Lipinski definition) is 0. The smallest absolute Gasteiger partial charge is 0.261 e. The monoisotopic (exact) mass is 368 g/mol. The van der Waals surface area contributed by atoms with E-state index in [0.717, 1.165) is 6.42 Å². The summed E-state index contributed by atoms with van der Waals surface area (Å²) < 4.78 is 36.4. The summed E-state index contributed by atoms with van der Waals surface area (Å²) in [7, 11) is -3.97. The SMILES string of the molecule is CCCOc1ccc(-c2nc(C#N)c(S(=O)(=O)c3ccccc3)o2)cc1. The summed E-state index contributed by atoms with van der Waals surface area (Å²) in [6.45, 7) is 2.62. The quantitative estimate of drug-likeness (QED) is 0.656. The highest BCUT2D eigenvalue weighted by molar-refractivity contribution is 7.91. The fraction of sp³-hybridized carbons (Fsp3) is 0.158. The highest BCUT2D eigenvalue weighted by Gasteiger charge is 2.28. The summed E-state index contributed by atoms with van der Waals surface area (Å²) in [4.78, 5) is 4.08. The van der Waals surface area contributed by atoms with Crippen molar-refractivity contribution in [3.8, 4) is 23.3 Å². The van der Waals surface area contributed by atoms with Crippen LogP contribution in [0.3, 0.4) is 0 Å². The highest BCUT2D eigenvalue weighted by atomic mass is 32.2. The van der Waals surface area contributed by atoms with Crippen molar-refractivity contribution in [2.75, 3.05) is 6.61 Å². The van der Waals surface area contributed by atoms with Gasteiger partial charge in [-0.25, -0.2) is 8.42 Å². The highest BCUT2D eigenvalue weighted by Crippen LogP contribution is 2.30. The molecule has 2 aromatic carbocycles. The largest absolute Gasteiger partial charge is 0.494 e. The first-order valence-electron chi connectivity index (χ1n) is 8.00. The minimum Gasteiger partial charge on any atom is -0.494 e. The minimum absolute atomic E-state index is 0.0440. The van der Waals surface area contributed by atoms with Crippen LogP contribution in [-0.4, -0.2) is 20.0 Å². The van der Waals surface area contributed by atoms with Crippen molar-refractivity contribution in [3.05, 3.63) is 60.3 Å². The first-order chi connectivity index (χ1) is 12.6. The van der Waals surface area contributed by atoms with Crippen molar-refractivity contribution in [3.63, 3.8) is 0 Å². The second-order valence-corrected chi connectivity index (χ2v) is 7.31. The lowest BCUT2D eigenvalue weighted by molar-refractivity contribution is 0.317. The lowest BCUT2D eigenvalue weighted by Crippen LogP contribution is -2.02. The van der Waals surface area contributed by atoms with Gasteiger partial charge in [0, 0.05) is 5.56 Å². The zero-order valence-corrected chi connectivity index (χ0v) is 14.9. The van der Waals surface area contributed by atoms with Crippen LogP contribution in [0.5, 0.6) is 5.75 Å². The van der Waals surface area contributed by atoms with Gasteiger partial charge in [0.1, 0.15) is 11.8 Å². The van der Waals surface area contributed by atoms with Crippen LogP contribution in [0, 0.1) is 11.3 Å². The molecule has 1 heterocycles. The van der Waals surface area contributed by atoms with Crippen LogP contribution < -0.4 is 4.74 Å². The van der Waals surface area contributed by atoms with Gasteiger partial charge in [-0.2, -0.15) is 10.2 Å². The Kier molecular flexibility index (Phi) is 5.05. The zero-order chi connectivity index (χ0) is 18.6. The fourth-order valence-electron chi connectivity index (χ4n) is 2.30. The molecule has 0 atom stereocenters. The molecule has 0 spiro atoms. The van der Waals surface area contributed by atoms with Gasteiger partial charge in [0.25, 0.3) is 5.09 Å². The molecule has 0 radical (unpaired) electrons. The van der Waals surface area contributed by atoms with E-state index in [9.17, 15) is 13.7 Å². The Balaban J connectivity index is 1.99. The van der Waals surface area contributed by atoms with Crippen LogP contribution in [0.2, 0.25) is 0 Å². The molecule has 0 fully saturated rings. The van der Waals surface area contributed by atoms with E-state index in [1.165, 1.54) is 12.1 Å². The summed E-state index contributed by atoms with van der Waals surface area (Å²) in [5, 5.41) is 8.82. The molecule has 0 aliphatic heterocycles. The first-order valence-corrected chi connectivity index (χ1v) is 9.49. The van der Waals surface area contributed by atoms with E-state index in [1.807, 2.05) is 6.92 Å². The van der Waals surface area contributed by atoms with Crippen molar-refractivity contribution in [1.82, 2.24) is 4.98 Å². The van der Waals surface area contributed by atoms with Crippen molar-refractivity contribution in [2.45, 2.75) is 23.3 Å². The number of oxazole rings is 1. The van der Waals surface area contributed by atoms with Crippen LogP contribution in [0.4, 0.5) is 0 Å². The van der Waals surface area contributed by atoms with Gasteiger partial charge in [-0.15, -0.1) is 0 Å². The normalized spacial score (nSPS) is 11.1.